The third-order valence-corrected chi connectivity index (χ3v) is 7.60. The number of furan rings is 1. The van der Waals surface area contributed by atoms with Crippen molar-refractivity contribution >= 4 is 71.3 Å². The van der Waals surface area contributed by atoms with E-state index in [1.54, 1.807) is 0 Å². The first-order chi connectivity index (χ1) is 18.8. The number of hydrogen-bond donors (Lipinski definition) is 0. The van der Waals surface area contributed by atoms with Crippen LogP contribution in [0.4, 0.5) is 17.1 Å². The Balaban J connectivity index is 1.47. The lowest BCUT2D eigenvalue weighted by Crippen LogP contribution is -2.10. The highest BCUT2D eigenvalue weighted by molar-refractivity contribution is 6.21. The van der Waals surface area contributed by atoms with E-state index >= 15 is 0 Å². The molecule has 0 N–H and O–H groups in total. The molecule has 0 unspecified atom stereocenters. The SMILES string of the molecule is c1ccc(N(c2ccc3ccc4ccc5ccccc5c4c3c2)c2cccc3oc4ccccc4c23)cc1. The van der Waals surface area contributed by atoms with Crippen LogP contribution in [-0.4, -0.2) is 0 Å². The Bertz CT molecular complexity index is 2130. The van der Waals surface area contributed by atoms with Gasteiger partial charge in [0.1, 0.15) is 11.2 Å². The van der Waals surface area contributed by atoms with E-state index in [9.17, 15) is 0 Å². The molecule has 0 amide bonds. The van der Waals surface area contributed by atoms with Crippen LogP contribution in [0.5, 0.6) is 0 Å². The minimum Gasteiger partial charge on any atom is -0.456 e. The van der Waals surface area contributed by atoms with Crippen LogP contribution in [-0.2, 0) is 0 Å². The highest BCUT2D eigenvalue weighted by atomic mass is 16.3. The molecule has 2 heteroatoms. The normalized spacial score (nSPS) is 11.7. The lowest BCUT2D eigenvalue weighted by Gasteiger charge is -2.26. The summed E-state index contributed by atoms with van der Waals surface area (Å²) in [6.45, 7) is 0. The fraction of sp³-hybridized carbons (Fsp3) is 0. The molecule has 0 aliphatic carbocycles. The molecule has 8 aromatic rings. The minimum atomic E-state index is 0.891. The Hall–Kier alpha value is -5.08. The molecular formula is C36H23NO. The lowest BCUT2D eigenvalue weighted by molar-refractivity contribution is 0.669. The van der Waals surface area contributed by atoms with Crippen LogP contribution in [0.15, 0.2) is 144 Å². The summed E-state index contributed by atoms with van der Waals surface area (Å²) in [5, 5.41) is 9.81. The highest BCUT2D eigenvalue weighted by Crippen LogP contribution is 2.44. The van der Waals surface area contributed by atoms with E-state index in [4.69, 9.17) is 4.42 Å². The molecule has 0 fully saturated rings. The van der Waals surface area contributed by atoms with Gasteiger partial charge in [-0.1, -0.05) is 97.1 Å². The van der Waals surface area contributed by atoms with E-state index in [2.05, 4.69) is 132 Å². The van der Waals surface area contributed by atoms with Crippen molar-refractivity contribution < 1.29 is 4.42 Å². The van der Waals surface area contributed by atoms with Gasteiger partial charge in [-0.05, 0) is 74.8 Å². The van der Waals surface area contributed by atoms with Gasteiger partial charge in [0.15, 0.2) is 0 Å². The number of rotatable bonds is 3. The van der Waals surface area contributed by atoms with E-state index in [-0.39, 0.29) is 0 Å². The molecular weight excluding hydrogens is 462 g/mol. The summed E-state index contributed by atoms with van der Waals surface area (Å²) >= 11 is 0. The fourth-order valence-electron chi connectivity index (χ4n) is 5.90. The maximum Gasteiger partial charge on any atom is 0.137 e. The van der Waals surface area contributed by atoms with E-state index in [0.29, 0.717) is 0 Å². The van der Waals surface area contributed by atoms with Gasteiger partial charge in [0, 0.05) is 16.8 Å². The van der Waals surface area contributed by atoms with Gasteiger partial charge in [0.25, 0.3) is 0 Å². The summed E-state index contributed by atoms with van der Waals surface area (Å²) in [5.74, 6) is 0. The first-order valence-electron chi connectivity index (χ1n) is 12.9. The van der Waals surface area contributed by atoms with Crippen molar-refractivity contribution in [1.82, 2.24) is 0 Å². The molecule has 0 radical (unpaired) electrons. The van der Waals surface area contributed by atoms with Crippen LogP contribution < -0.4 is 4.90 Å². The first kappa shape index (κ1) is 21.0. The second-order valence-electron chi connectivity index (χ2n) is 9.78. The zero-order valence-corrected chi connectivity index (χ0v) is 20.6. The van der Waals surface area contributed by atoms with Gasteiger partial charge < -0.3 is 9.32 Å². The molecule has 2 nitrogen and oxygen atoms in total. The molecule has 178 valence electrons. The molecule has 7 aromatic carbocycles. The van der Waals surface area contributed by atoms with Crippen molar-refractivity contribution in [3.8, 4) is 0 Å². The van der Waals surface area contributed by atoms with Crippen molar-refractivity contribution in [2.75, 3.05) is 4.90 Å². The summed E-state index contributed by atoms with van der Waals surface area (Å²) in [4.78, 5) is 2.35. The Morgan fingerprint density at radius 3 is 1.92 bits per heavy atom. The number of anilines is 3. The number of nitrogens with zero attached hydrogens (tertiary/aromatic N) is 1. The smallest absolute Gasteiger partial charge is 0.137 e. The lowest BCUT2D eigenvalue weighted by atomic mass is 9.96. The highest BCUT2D eigenvalue weighted by Gasteiger charge is 2.19. The van der Waals surface area contributed by atoms with Gasteiger partial charge in [0.05, 0.1) is 11.1 Å². The number of hydrogen-bond acceptors (Lipinski definition) is 2. The van der Waals surface area contributed by atoms with Crippen molar-refractivity contribution in [3.63, 3.8) is 0 Å². The van der Waals surface area contributed by atoms with Crippen LogP contribution in [0, 0.1) is 0 Å². The number of para-hydroxylation sites is 2. The molecule has 38 heavy (non-hydrogen) atoms. The first-order valence-corrected chi connectivity index (χ1v) is 12.9. The summed E-state index contributed by atoms with van der Waals surface area (Å²) in [6.07, 6.45) is 0. The molecule has 0 atom stereocenters. The fourth-order valence-corrected chi connectivity index (χ4v) is 5.90. The molecule has 0 spiro atoms. The Morgan fingerprint density at radius 2 is 1.05 bits per heavy atom. The third-order valence-electron chi connectivity index (χ3n) is 7.60. The quantitative estimate of drug-likeness (QED) is 0.231. The number of fused-ring (bicyclic) bond motifs is 8. The van der Waals surface area contributed by atoms with E-state index in [1.165, 1.54) is 32.3 Å². The summed E-state index contributed by atoms with van der Waals surface area (Å²) in [5.41, 5.74) is 5.11. The molecule has 1 heterocycles. The minimum absolute atomic E-state index is 0.891. The van der Waals surface area contributed by atoms with Crippen LogP contribution in [0.25, 0.3) is 54.3 Å². The standard InChI is InChI=1S/C36H23NO/c1-2-10-27(11-3-1)37(32-14-8-16-34-36(32)30-13-6-7-15-33(30)38-34)28-22-21-25-18-20-26-19-17-24-9-4-5-12-29(24)35(26)31(25)23-28/h1-23H. The van der Waals surface area contributed by atoms with E-state index in [1.807, 2.05) is 12.1 Å². The van der Waals surface area contributed by atoms with Crippen molar-refractivity contribution in [2.24, 2.45) is 0 Å². The topological polar surface area (TPSA) is 16.4 Å². The molecule has 0 bridgehead atoms. The van der Waals surface area contributed by atoms with Gasteiger partial charge >= 0.3 is 0 Å². The summed E-state index contributed by atoms with van der Waals surface area (Å²) in [7, 11) is 0. The second-order valence-corrected chi connectivity index (χ2v) is 9.78. The largest absolute Gasteiger partial charge is 0.456 e. The van der Waals surface area contributed by atoms with Crippen molar-refractivity contribution in [2.45, 2.75) is 0 Å². The predicted octanol–water partition coefficient (Wildman–Crippen LogP) is 10.5. The monoisotopic (exact) mass is 485 g/mol. The molecule has 0 saturated carbocycles. The zero-order chi connectivity index (χ0) is 25.1. The van der Waals surface area contributed by atoms with Crippen LogP contribution in [0.3, 0.4) is 0 Å². The average molecular weight is 486 g/mol. The average Bonchev–Trinajstić information content (AvgIpc) is 3.37. The van der Waals surface area contributed by atoms with E-state index < -0.39 is 0 Å². The Kier molecular flexibility index (Phi) is 4.55. The van der Waals surface area contributed by atoms with E-state index in [0.717, 1.165) is 39.0 Å². The van der Waals surface area contributed by atoms with Crippen molar-refractivity contribution in [1.29, 1.82) is 0 Å². The third kappa shape index (κ3) is 3.14. The van der Waals surface area contributed by atoms with Gasteiger partial charge in [-0.2, -0.15) is 0 Å². The van der Waals surface area contributed by atoms with Crippen molar-refractivity contribution in [3.05, 3.63) is 140 Å². The number of benzene rings is 7. The second kappa shape index (κ2) is 8.22. The van der Waals surface area contributed by atoms with Crippen LogP contribution in [0.2, 0.25) is 0 Å². The Labute approximate surface area is 220 Å². The Morgan fingerprint density at radius 1 is 0.395 bits per heavy atom. The zero-order valence-electron chi connectivity index (χ0n) is 20.6. The van der Waals surface area contributed by atoms with Gasteiger partial charge in [-0.15, -0.1) is 0 Å². The van der Waals surface area contributed by atoms with Crippen LogP contribution in [0.1, 0.15) is 0 Å². The predicted molar refractivity (Wildman–Crippen MR) is 161 cm³/mol. The molecule has 8 rings (SSSR count). The maximum absolute atomic E-state index is 6.26. The van der Waals surface area contributed by atoms with Crippen LogP contribution >= 0.6 is 0 Å². The van der Waals surface area contributed by atoms with Gasteiger partial charge in [-0.3, -0.25) is 0 Å². The summed E-state index contributed by atoms with van der Waals surface area (Å²) in [6, 6.07) is 49.6. The molecule has 0 aliphatic rings. The maximum atomic E-state index is 6.26. The molecule has 1 aromatic heterocycles. The molecule has 0 saturated heterocycles. The van der Waals surface area contributed by atoms with Gasteiger partial charge in [0.2, 0.25) is 0 Å². The molecule has 0 aliphatic heterocycles. The van der Waals surface area contributed by atoms with Gasteiger partial charge in [-0.25, -0.2) is 0 Å². The summed E-state index contributed by atoms with van der Waals surface area (Å²) < 4.78 is 6.26.